The van der Waals surface area contributed by atoms with Gasteiger partial charge in [-0.3, -0.25) is 4.90 Å². The SMILES string of the molecule is COC1CCCN(CC(N)c2cccc3ccccc23)C1. The average Bonchev–Trinajstić information content (AvgIpc) is 2.54. The second-order valence-corrected chi connectivity index (χ2v) is 5.93. The summed E-state index contributed by atoms with van der Waals surface area (Å²) in [5.41, 5.74) is 7.74. The van der Waals surface area contributed by atoms with Gasteiger partial charge in [-0.1, -0.05) is 42.5 Å². The highest BCUT2D eigenvalue weighted by Gasteiger charge is 2.21. The highest BCUT2D eigenvalue weighted by molar-refractivity contribution is 5.86. The largest absolute Gasteiger partial charge is 0.380 e. The summed E-state index contributed by atoms with van der Waals surface area (Å²) in [4.78, 5) is 2.43. The molecule has 0 amide bonds. The van der Waals surface area contributed by atoms with Crippen molar-refractivity contribution >= 4 is 10.8 Å². The van der Waals surface area contributed by atoms with Crippen LogP contribution >= 0.6 is 0 Å². The zero-order valence-electron chi connectivity index (χ0n) is 12.7. The Morgan fingerprint density at radius 2 is 2.05 bits per heavy atom. The van der Waals surface area contributed by atoms with Crippen molar-refractivity contribution in [2.75, 3.05) is 26.7 Å². The molecule has 0 aromatic heterocycles. The lowest BCUT2D eigenvalue weighted by Gasteiger charge is -2.33. The topological polar surface area (TPSA) is 38.5 Å². The summed E-state index contributed by atoms with van der Waals surface area (Å²) in [6.07, 6.45) is 2.72. The second kappa shape index (κ2) is 6.56. The van der Waals surface area contributed by atoms with E-state index in [-0.39, 0.29) is 6.04 Å². The van der Waals surface area contributed by atoms with E-state index in [2.05, 4.69) is 47.4 Å². The third-order valence-corrected chi connectivity index (χ3v) is 4.47. The summed E-state index contributed by atoms with van der Waals surface area (Å²) in [6, 6.07) is 14.9. The zero-order chi connectivity index (χ0) is 14.7. The Hall–Kier alpha value is -1.42. The van der Waals surface area contributed by atoms with Gasteiger partial charge in [0.15, 0.2) is 0 Å². The molecule has 0 radical (unpaired) electrons. The maximum Gasteiger partial charge on any atom is 0.0698 e. The quantitative estimate of drug-likeness (QED) is 0.938. The first-order valence-corrected chi connectivity index (χ1v) is 7.76. The lowest BCUT2D eigenvalue weighted by molar-refractivity contribution is 0.0295. The molecule has 21 heavy (non-hydrogen) atoms. The van der Waals surface area contributed by atoms with Gasteiger partial charge >= 0.3 is 0 Å². The molecule has 3 nitrogen and oxygen atoms in total. The Morgan fingerprint density at radius 1 is 1.24 bits per heavy atom. The maximum atomic E-state index is 6.50. The molecule has 2 atom stereocenters. The summed E-state index contributed by atoms with van der Waals surface area (Å²) < 4.78 is 5.50. The van der Waals surface area contributed by atoms with Gasteiger partial charge in [0.2, 0.25) is 0 Å². The first-order chi connectivity index (χ1) is 10.3. The number of ether oxygens (including phenoxy) is 1. The minimum absolute atomic E-state index is 0.0479. The molecular weight excluding hydrogens is 260 g/mol. The van der Waals surface area contributed by atoms with Gasteiger partial charge in [-0.05, 0) is 35.7 Å². The van der Waals surface area contributed by atoms with Crippen LogP contribution < -0.4 is 5.73 Å². The van der Waals surface area contributed by atoms with Gasteiger partial charge in [-0.2, -0.15) is 0 Å². The molecule has 1 aliphatic rings. The Labute approximate surface area is 126 Å². The third kappa shape index (κ3) is 3.26. The predicted molar refractivity (Wildman–Crippen MR) is 87.3 cm³/mol. The summed E-state index contributed by atoms with van der Waals surface area (Å²) in [7, 11) is 1.80. The molecule has 2 aromatic carbocycles. The molecule has 1 saturated heterocycles. The number of fused-ring (bicyclic) bond motifs is 1. The van der Waals surface area contributed by atoms with Crippen molar-refractivity contribution in [3.8, 4) is 0 Å². The number of rotatable bonds is 4. The fourth-order valence-corrected chi connectivity index (χ4v) is 3.32. The van der Waals surface area contributed by atoms with Crippen LogP contribution in [0.3, 0.4) is 0 Å². The van der Waals surface area contributed by atoms with Crippen LogP contribution in [0.4, 0.5) is 0 Å². The first kappa shape index (κ1) is 14.5. The number of benzene rings is 2. The van der Waals surface area contributed by atoms with Crippen molar-refractivity contribution in [1.82, 2.24) is 4.90 Å². The van der Waals surface area contributed by atoms with Crippen molar-refractivity contribution < 1.29 is 4.74 Å². The van der Waals surface area contributed by atoms with Gasteiger partial charge in [-0.25, -0.2) is 0 Å². The van der Waals surface area contributed by atoms with E-state index in [0.717, 1.165) is 26.1 Å². The molecule has 0 bridgehead atoms. The minimum Gasteiger partial charge on any atom is -0.380 e. The zero-order valence-corrected chi connectivity index (χ0v) is 12.7. The summed E-state index contributed by atoms with van der Waals surface area (Å²) in [6.45, 7) is 3.02. The van der Waals surface area contributed by atoms with Crippen molar-refractivity contribution in [2.45, 2.75) is 25.0 Å². The van der Waals surface area contributed by atoms with Gasteiger partial charge in [0, 0.05) is 26.2 Å². The number of hydrogen-bond acceptors (Lipinski definition) is 3. The lowest BCUT2D eigenvalue weighted by atomic mass is 9.98. The normalized spacial score (nSPS) is 21.5. The molecule has 3 heteroatoms. The van der Waals surface area contributed by atoms with Gasteiger partial charge in [0.25, 0.3) is 0 Å². The van der Waals surface area contributed by atoms with E-state index in [4.69, 9.17) is 10.5 Å². The van der Waals surface area contributed by atoms with Crippen LogP contribution in [0, 0.1) is 0 Å². The Balaban J connectivity index is 1.76. The predicted octanol–water partition coefficient (Wildman–Crippen LogP) is 2.95. The third-order valence-electron chi connectivity index (χ3n) is 4.47. The number of hydrogen-bond donors (Lipinski definition) is 1. The number of piperidine rings is 1. The van der Waals surface area contributed by atoms with Crippen LogP contribution in [0.2, 0.25) is 0 Å². The monoisotopic (exact) mass is 284 g/mol. The average molecular weight is 284 g/mol. The lowest BCUT2D eigenvalue weighted by Crippen LogP contribution is -2.42. The molecule has 0 saturated carbocycles. The summed E-state index contributed by atoms with van der Waals surface area (Å²) >= 11 is 0. The Kier molecular flexibility index (Phi) is 4.54. The van der Waals surface area contributed by atoms with Crippen LogP contribution in [0.5, 0.6) is 0 Å². The first-order valence-electron chi connectivity index (χ1n) is 7.76. The highest BCUT2D eigenvalue weighted by atomic mass is 16.5. The summed E-state index contributed by atoms with van der Waals surface area (Å²) in [5, 5.41) is 2.53. The standard InChI is InChI=1S/C18H24N2O/c1-21-15-8-5-11-20(12-15)13-18(19)17-10-4-7-14-6-2-3-9-16(14)17/h2-4,6-7,9-10,15,18H,5,8,11-13,19H2,1H3. The van der Waals surface area contributed by atoms with E-state index in [1.807, 2.05) is 0 Å². The van der Waals surface area contributed by atoms with E-state index in [0.29, 0.717) is 6.10 Å². The van der Waals surface area contributed by atoms with E-state index < -0.39 is 0 Å². The van der Waals surface area contributed by atoms with E-state index in [1.54, 1.807) is 7.11 Å². The van der Waals surface area contributed by atoms with Gasteiger partial charge in [0.05, 0.1) is 6.10 Å². The molecule has 2 N–H and O–H groups in total. The fraction of sp³-hybridized carbons (Fsp3) is 0.444. The molecule has 0 aliphatic carbocycles. The minimum atomic E-state index is 0.0479. The molecule has 2 aromatic rings. The molecule has 3 rings (SSSR count). The maximum absolute atomic E-state index is 6.50. The Bertz CT molecular complexity index is 593. The number of methoxy groups -OCH3 is 1. The Morgan fingerprint density at radius 3 is 2.90 bits per heavy atom. The van der Waals surface area contributed by atoms with Crippen LogP contribution in [0.25, 0.3) is 10.8 Å². The van der Waals surface area contributed by atoms with Crippen molar-refractivity contribution in [3.63, 3.8) is 0 Å². The van der Waals surface area contributed by atoms with Gasteiger partial charge in [0.1, 0.15) is 0 Å². The molecule has 112 valence electrons. The molecular formula is C18H24N2O. The fourth-order valence-electron chi connectivity index (χ4n) is 3.32. The van der Waals surface area contributed by atoms with Crippen molar-refractivity contribution in [3.05, 3.63) is 48.0 Å². The van der Waals surface area contributed by atoms with E-state index >= 15 is 0 Å². The van der Waals surface area contributed by atoms with Crippen LogP contribution in [0.1, 0.15) is 24.4 Å². The van der Waals surface area contributed by atoms with Crippen LogP contribution in [-0.4, -0.2) is 37.7 Å². The van der Waals surface area contributed by atoms with Crippen LogP contribution in [0.15, 0.2) is 42.5 Å². The number of nitrogens with two attached hydrogens (primary N) is 1. The van der Waals surface area contributed by atoms with Crippen molar-refractivity contribution in [1.29, 1.82) is 0 Å². The number of nitrogens with zero attached hydrogens (tertiary/aromatic N) is 1. The molecule has 1 aliphatic heterocycles. The summed E-state index contributed by atoms with van der Waals surface area (Å²) in [5.74, 6) is 0. The molecule has 2 unspecified atom stereocenters. The molecule has 1 heterocycles. The van der Waals surface area contributed by atoms with E-state index in [9.17, 15) is 0 Å². The number of likely N-dealkylation sites (tertiary alicyclic amines) is 1. The van der Waals surface area contributed by atoms with Gasteiger partial charge < -0.3 is 10.5 Å². The molecule has 1 fully saturated rings. The molecule has 0 spiro atoms. The second-order valence-electron chi connectivity index (χ2n) is 5.93. The van der Waals surface area contributed by atoms with E-state index in [1.165, 1.54) is 22.8 Å². The van der Waals surface area contributed by atoms with Crippen LogP contribution in [-0.2, 0) is 4.74 Å². The van der Waals surface area contributed by atoms with Gasteiger partial charge in [-0.15, -0.1) is 0 Å². The van der Waals surface area contributed by atoms with Crippen molar-refractivity contribution in [2.24, 2.45) is 5.73 Å². The highest BCUT2D eigenvalue weighted by Crippen LogP contribution is 2.24. The smallest absolute Gasteiger partial charge is 0.0698 e.